The molecule has 96 valence electrons. The summed E-state index contributed by atoms with van der Waals surface area (Å²) in [4.78, 5) is 0. The number of likely N-dealkylation sites (N-methyl/N-ethyl adjacent to an activating group) is 1. The van der Waals surface area contributed by atoms with Crippen LogP contribution in [0.4, 0.5) is 0 Å². The van der Waals surface area contributed by atoms with Gasteiger partial charge >= 0.3 is 0 Å². The Kier molecular flexibility index (Phi) is 5.77. The van der Waals surface area contributed by atoms with Crippen molar-refractivity contribution in [3.8, 4) is 0 Å². The van der Waals surface area contributed by atoms with Crippen LogP contribution >= 0.6 is 0 Å². The van der Waals surface area contributed by atoms with Crippen molar-refractivity contribution >= 4 is 0 Å². The van der Waals surface area contributed by atoms with E-state index in [0.29, 0.717) is 17.6 Å². The summed E-state index contributed by atoms with van der Waals surface area (Å²) in [5.41, 5.74) is 0.391. The number of nitrogens with one attached hydrogen (secondary N) is 1. The van der Waals surface area contributed by atoms with E-state index in [9.17, 15) is 0 Å². The lowest BCUT2D eigenvalue weighted by atomic mass is 9.91. The van der Waals surface area contributed by atoms with Gasteiger partial charge in [0.25, 0.3) is 0 Å². The molecule has 0 spiro atoms. The summed E-state index contributed by atoms with van der Waals surface area (Å²) in [5.74, 6) is 0. The molecule has 1 rings (SSSR count). The molecule has 2 atom stereocenters. The van der Waals surface area contributed by atoms with Gasteiger partial charge in [-0.05, 0) is 31.2 Å². The minimum Gasteiger partial charge on any atom is -0.377 e. The quantitative estimate of drug-likeness (QED) is 0.777. The van der Waals surface area contributed by atoms with E-state index in [1.54, 1.807) is 0 Å². The highest BCUT2D eigenvalue weighted by Crippen LogP contribution is 2.23. The summed E-state index contributed by atoms with van der Waals surface area (Å²) >= 11 is 0. The van der Waals surface area contributed by atoms with Crippen LogP contribution < -0.4 is 5.32 Å². The van der Waals surface area contributed by atoms with Crippen LogP contribution in [0.1, 0.15) is 59.8 Å². The Balaban J connectivity index is 2.27. The van der Waals surface area contributed by atoms with Gasteiger partial charge in [0.05, 0.1) is 6.10 Å². The maximum Gasteiger partial charge on any atom is 0.0728 e. The normalized spacial score (nSPS) is 27.0. The highest BCUT2D eigenvalue weighted by molar-refractivity contribution is 4.81. The number of ether oxygens (including phenoxy) is 1. The molecule has 2 nitrogen and oxygen atoms in total. The van der Waals surface area contributed by atoms with E-state index in [2.05, 4.69) is 33.0 Å². The average molecular weight is 227 g/mol. The molecule has 2 unspecified atom stereocenters. The molecule has 0 saturated heterocycles. The molecular weight excluding hydrogens is 198 g/mol. The largest absolute Gasteiger partial charge is 0.377 e. The molecule has 2 heteroatoms. The van der Waals surface area contributed by atoms with Gasteiger partial charge in [-0.2, -0.15) is 0 Å². The van der Waals surface area contributed by atoms with Crippen LogP contribution in [0.5, 0.6) is 0 Å². The highest BCUT2D eigenvalue weighted by Gasteiger charge is 2.25. The van der Waals surface area contributed by atoms with E-state index in [4.69, 9.17) is 4.74 Å². The van der Waals surface area contributed by atoms with Gasteiger partial charge in [0.1, 0.15) is 0 Å². The molecule has 1 aliphatic carbocycles. The Labute approximate surface area is 101 Å². The Morgan fingerprint density at radius 3 is 2.50 bits per heavy atom. The molecule has 0 aromatic heterocycles. The molecule has 0 aromatic rings. The summed E-state index contributed by atoms with van der Waals surface area (Å²) in [5, 5.41) is 3.56. The molecule has 0 amide bonds. The number of hydrogen-bond acceptors (Lipinski definition) is 2. The number of rotatable bonds is 5. The fraction of sp³-hybridized carbons (Fsp3) is 1.00. The van der Waals surface area contributed by atoms with Crippen molar-refractivity contribution in [2.75, 3.05) is 13.2 Å². The first kappa shape index (κ1) is 14.0. The van der Waals surface area contributed by atoms with Crippen LogP contribution in [-0.4, -0.2) is 25.3 Å². The SMILES string of the molecule is CCNC1CCCCC1OCCC(C)(C)C. The molecule has 1 aliphatic rings. The first-order valence-corrected chi connectivity index (χ1v) is 6.88. The summed E-state index contributed by atoms with van der Waals surface area (Å²) in [7, 11) is 0. The van der Waals surface area contributed by atoms with Crippen molar-refractivity contribution in [2.45, 2.75) is 71.9 Å². The summed E-state index contributed by atoms with van der Waals surface area (Å²) < 4.78 is 6.06. The maximum absolute atomic E-state index is 6.06. The zero-order chi connectivity index (χ0) is 12.0. The molecule has 0 bridgehead atoms. The van der Waals surface area contributed by atoms with E-state index >= 15 is 0 Å². The molecule has 16 heavy (non-hydrogen) atoms. The fourth-order valence-corrected chi connectivity index (χ4v) is 2.31. The average Bonchev–Trinajstić information content (AvgIpc) is 2.19. The van der Waals surface area contributed by atoms with Crippen LogP contribution in [-0.2, 0) is 4.74 Å². The van der Waals surface area contributed by atoms with Crippen LogP contribution in [0, 0.1) is 5.41 Å². The second-order valence-corrected chi connectivity index (χ2v) is 6.17. The first-order valence-electron chi connectivity index (χ1n) is 6.88. The Bertz CT molecular complexity index is 184. The van der Waals surface area contributed by atoms with Crippen molar-refractivity contribution in [3.05, 3.63) is 0 Å². The first-order chi connectivity index (χ1) is 7.53. The molecule has 1 fully saturated rings. The van der Waals surface area contributed by atoms with E-state index in [-0.39, 0.29) is 0 Å². The van der Waals surface area contributed by atoms with Gasteiger partial charge in [-0.25, -0.2) is 0 Å². The monoisotopic (exact) mass is 227 g/mol. The van der Waals surface area contributed by atoms with Gasteiger partial charge in [0.15, 0.2) is 0 Å². The van der Waals surface area contributed by atoms with Crippen LogP contribution in [0.2, 0.25) is 0 Å². The van der Waals surface area contributed by atoms with Crippen molar-refractivity contribution < 1.29 is 4.74 Å². The van der Waals surface area contributed by atoms with Crippen molar-refractivity contribution in [1.29, 1.82) is 0 Å². The lowest BCUT2D eigenvalue weighted by molar-refractivity contribution is -0.00471. The predicted octanol–water partition coefficient (Wildman–Crippen LogP) is 3.36. The summed E-state index contributed by atoms with van der Waals surface area (Å²) in [6, 6.07) is 0.596. The standard InChI is InChI=1S/C14H29NO/c1-5-15-12-8-6-7-9-13(12)16-11-10-14(2,3)4/h12-13,15H,5-11H2,1-4H3. The second kappa shape index (κ2) is 6.61. The Morgan fingerprint density at radius 2 is 1.88 bits per heavy atom. The number of hydrogen-bond donors (Lipinski definition) is 1. The van der Waals surface area contributed by atoms with Crippen LogP contribution in [0.3, 0.4) is 0 Å². The van der Waals surface area contributed by atoms with Gasteiger partial charge < -0.3 is 10.1 Å². The molecular formula is C14H29NO. The van der Waals surface area contributed by atoms with Crippen LogP contribution in [0.25, 0.3) is 0 Å². The third-order valence-corrected chi connectivity index (χ3v) is 3.35. The maximum atomic E-state index is 6.06. The summed E-state index contributed by atoms with van der Waals surface area (Å²) in [6.07, 6.45) is 6.83. The molecule has 0 heterocycles. The third kappa shape index (κ3) is 5.31. The topological polar surface area (TPSA) is 21.3 Å². The smallest absolute Gasteiger partial charge is 0.0728 e. The Morgan fingerprint density at radius 1 is 1.19 bits per heavy atom. The molecule has 0 aliphatic heterocycles. The van der Waals surface area contributed by atoms with Gasteiger partial charge in [-0.1, -0.05) is 40.5 Å². The Hall–Kier alpha value is -0.0800. The van der Waals surface area contributed by atoms with Gasteiger partial charge in [-0.15, -0.1) is 0 Å². The van der Waals surface area contributed by atoms with E-state index in [1.165, 1.54) is 25.7 Å². The lowest BCUT2D eigenvalue weighted by Crippen LogP contribution is -2.43. The molecule has 1 saturated carbocycles. The summed E-state index contributed by atoms with van der Waals surface area (Å²) in [6.45, 7) is 11.0. The molecule has 1 N–H and O–H groups in total. The van der Waals surface area contributed by atoms with E-state index in [1.807, 2.05) is 0 Å². The highest BCUT2D eigenvalue weighted by atomic mass is 16.5. The molecule has 0 aromatic carbocycles. The fourth-order valence-electron chi connectivity index (χ4n) is 2.31. The van der Waals surface area contributed by atoms with Crippen molar-refractivity contribution in [1.82, 2.24) is 5.32 Å². The van der Waals surface area contributed by atoms with Gasteiger partial charge in [-0.3, -0.25) is 0 Å². The minimum absolute atomic E-state index is 0.391. The predicted molar refractivity (Wildman–Crippen MR) is 69.7 cm³/mol. The third-order valence-electron chi connectivity index (χ3n) is 3.35. The van der Waals surface area contributed by atoms with Crippen molar-refractivity contribution in [2.24, 2.45) is 5.41 Å². The zero-order valence-corrected chi connectivity index (χ0v) is 11.5. The van der Waals surface area contributed by atoms with E-state index < -0.39 is 0 Å². The van der Waals surface area contributed by atoms with Crippen molar-refractivity contribution in [3.63, 3.8) is 0 Å². The van der Waals surface area contributed by atoms with Gasteiger partial charge in [0, 0.05) is 12.6 Å². The zero-order valence-electron chi connectivity index (χ0n) is 11.5. The lowest BCUT2D eigenvalue weighted by Gasteiger charge is -2.32. The van der Waals surface area contributed by atoms with Crippen LogP contribution in [0.15, 0.2) is 0 Å². The second-order valence-electron chi connectivity index (χ2n) is 6.17. The van der Waals surface area contributed by atoms with E-state index in [0.717, 1.165) is 19.6 Å². The molecule has 0 radical (unpaired) electrons. The van der Waals surface area contributed by atoms with Gasteiger partial charge in [0.2, 0.25) is 0 Å². The minimum atomic E-state index is 0.391.